The number of rotatable bonds is 6. The Balaban J connectivity index is 1.83. The molecule has 158 valence electrons. The first-order chi connectivity index (χ1) is 13.7. The van der Waals surface area contributed by atoms with Crippen LogP contribution in [-0.2, 0) is 23.1 Å². The summed E-state index contributed by atoms with van der Waals surface area (Å²) in [5.41, 5.74) is -0.610. The van der Waals surface area contributed by atoms with Crippen molar-refractivity contribution in [2.75, 3.05) is 0 Å². The maximum Gasteiger partial charge on any atom is 0.331 e. The molecule has 0 aliphatic heterocycles. The van der Waals surface area contributed by atoms with Gasteiger partial charge in [-0.05, 0) is 63.6 Å². The molecule has 0 radical (unpaired) electrons. The summed E-state index contributed by atoms with van der Waals surface area (Å²) < 4.78 is 31.2. The molecule has 4 rings (SSSR count). The molecule has 1 N–H and O–H groups in total. The molecular weight excluding hydrogens is 390 g/mol. The minimum absolute atomic E-state index is 0.0701. The Hall–Kier alpha value is -1.93. The zero-order chi connectivity index (χ0) is 20.8. The molecule has 1 aromatic heterocycles. The van der Waals surface area contributed by atoms with Crippen LogP contribution in [0.5, 0.6) is 0 Å². The number of aromatic nitrogens is 2. The highest BCUT2D eigenvalue weighted by Crippen LogP contribution is 2.36. The lowest BCUT2D eigenvalue weighted by Crippen LogP contribution is -2.41. The van der Waals surface area contributed by atoms with Gasteiger partial charge in [-0.3, -0.25) is 13.9 Å². The van der Waals surface area contributed by atoms with Crippen LogP contribution in [0.1, 0.15) is 58.8 Å². The Morgan fingerprint density at radius 3 is 2.41 bits per heavy atom. The van der Waals surface area contributed by atoms with E-state index >= 15 is 0 Å². The molecule has 1 heterocycles. The smallest absolute Gasteiger partial charge is 0.293 e. The van der Waals surface area contributed by atoms with Crippen LogP contribution >= 0.6 is 0 Å². The van der Waals surface area contributed by atoms with Gasteiger partial charge in [-0.2, -0.15) is 0 Å². The molecule has 29 heavy (non-hydrogen) atoms. The molecule has 0 amide bonds. The number of hydrogen-bond acceptors (Lipinski definition) is 4. The molecule has 0 spiro atoms. The highest BCUT2D eigenvalue weighted by molar-refractivity contribution is 7.89. The SMILES string of the molecule is CCn1c(=O)c2cc(S(=O)(=O)NC3(C)CC3)ccc2n(CC2CCCCC2)c1=O. The van der Waals surface area contributed by atoms with Gasteiger partial charge in [0.05, 0.1) is 15.8 Å². The average Bonchev–Trinajstić information content (AvgIpc) is 3.41. The van der Waals surface area contributed by atoms with Gasteiger partial charge < -0.3 is 0 Å². The highest BCUT2D eigenvalue weighted by Gasteiger charge is 2.41. The number of nitrogens with one attached hydrogen (secondary N) is 1. The maximum atomic E-state index is 13.0. The van der Waals surface area contributed by atoms with E-state index in [4.69, 9.17) is 0 Å². The van der Waals surface area contributed by atoms with Crippen LogP contribution in [0.2, 0.25) is 0 Å². The van der Waals surface area contributed by atoms with Crippen molar-refractivity contribution in [3.63, 3.8) is 0 Å². The van der Waals surface area contributed by atoms with Gasteiger partial charge >= 0.3 is 5.69 Å². The summed E-state index contributed by atoms with van der Waals surface area (Å²) in [5.74, 6) is 0.410. The van der Waals surface area contributed by atoms with Crippen LogP contribution in [0, 0.1) is 5.92 Å². The second kappa shape index (κ2) is 7.40. The third-order valence-electron chi connectivity index (χ3n) is 6.37. The number of benzene rings is 1. The fraction of sp³-hybridized carbons (Fsp3) is 0.619. The van der Waals surface area contributed by atoms with Gasteiger partial charge in [-0.1, -0.05) is 19.3 Å². The summed E-state index contributed by atoms with van der Waals surface area (Å²) in [7, 11) is -3.72. The third kappa shape index (κ3) is 3.92. The fourth-order valence-electron chi connectivity index (χ4n) is 4.33. The first kappa shape index (κ1) is 20.3. The van der Waals surface area contributed by atoms with Crippen LogP contribution in [-0.4, -0.2) is 23.1 Å². The molecule has 2 saturated carbocycles. The van der Waals surface area contributed by atoms with E-state index in [9.17, 15) is 18.0 Å². The monoisotopic (exact) mass is 419 g/mol. The highest BCUT2D eigenvalue weighted by atomic mass is 32.2. The van der Waals surface area contributed by atoms with Crippen LogP contribution in [0.25, 0.3) is 10.9 Å². The van der Waals surface area contributed by atoms with Gasteiger partial charge in [0.1, 0.15) is 0 Å². The standard InChI is InChI=1S/C21H29N3O4S/c1-3-23-19(25)17-13-16(29(27,28)22-21(2)11-12-21)9-10-18(17)24(20(23)26)14-15-7-5-4-6-8-15/h9-10,13,15,22H,3-8,11-12,14H2,1-2H3. The molecule has 1 aromatic carbocycles. The van der Waals surface area contributed by atoms with Gasteiger partial charge in [0.25, 0.3) is 5.56 Å². The average molecular weight is 420 g/mol. The molecule has 8 heteroatoms. The van der Waals surface area contributed by atoms with Crippen LogP contribution in [0.3, 0.4) is 0 Å². The van der Waals surface area contributed by atoms with Crippen molar-refractivity contribution in [2.45, 2.75) is 82.3 Å². The topological polar surface area (TPSA) is 90.2 Å². The lowest BCUT2D eigenvalue weighted by molar-refractivity contribution is 0.315. The molecule has 0 bridgehead atoms. The predicted octanol–water partition coefficient (Wildman–Crippen LogP) is 2.59. The van der Waals surface area contributed by atoms with Gasteiger partial charge in [0.15, 0.2) is 0 Å². The van der Waals surface area contributed by atoms with E-state index in [1.165, 1.54) is 23.1 Å². The summed E-state index contributed by atoms with van der Waals surface area (Å²) >= 11 is 0. The summed E-state index contributed by atoms with van der Waals surface area (Å²) in [6, 6.07) is 4.54. The molecular formula is C21H29N3O4S. The molecule has 0 atom stereocenters. The Morgan fingerprint density at radius 1 is 1.10 bits per heavy atom. The minimum Gasteiger partial charge on any atom is -0.293 e. The van der Waals surface area contributed by atoms with Crippen LogP contribution < -0.4 is 16.0 Å². The number of nitrogens with zero attached hydrogens (tertiary/aromatic N) is 2. The summed E-state index contributed by atoms with van der Waals surface area (Å²) in [6.07, 6.45) is 7.33. The van der Waals surface area contributed by atoms with Gasteiger partial charge in [-0.15, -0.1) is 0 Å². The van der Waals surface area contributed by atoms with Crippen molar-refractivity contribution >= 4 is 20.9 Å². The van der Waals surface area contributed by atoms with E-state index in [-0.39, 0.29) is 22.5 Å². The van der Waals surface area contributed by atoms with Crippen molar-refractivity contribution in [1.29, 1.82) is 0 Å². The molecule has 2 aromatic rings. The van der Waals surface area contributed by atoms with E-state index in [0.29, 0.717) is 18.0 Å². The predicted molar refractivity (Wildman–Crippen MR) is 113 cm³/mol. The van der Waals surface area contributed by atoms with Crippen molar-refractivity contribution in [3.05, 3.63) is 39.0 Å². The summed E-state index contributed by atoms with van der Waals surface area (Å²) in [4.78, 5) is 26.0. The first-order valence-electron chi connectivity index (χ1n) is 10.6. The molecule has 0 unspecified atom stereocenters. The second-order valence-electron chi connectivity index (χ2n) is 8.79. The van der Waals surface area contributed by atoms with E-state index in [1.807, 2.05) is 6.92 Å². The molecule has 2 fully saturated rings. The Morgan fingerprint density at radius 2 is 1.79 bits per heavy atom. The zero-order valence-electron chi connectivity index (χ0n) is 17.1. The van der Waals surface area contributed by atoms with Crippen molar-refractivity contribution in [2.24, 2.45) is 5.92 Å². The third-order valence-corrected chi connectivity index (χ3v) is 8.01. The van der Waals surface area contributed by atoms with E-state index < -0.39 is 21.1 Å². The lowest BCUT2D eigenvalue weighted by atomic mass is 9.89. The van der Waals surface area contributed by atoms with Gasteiger partial charge in [0.2, 0.25) is 10.0 Å². The summed E-state index contributed by atoms with van der Waals surface area (Å²) in [5, 5.41) is 0.283. The first-order valence-corrected chi connectivity index (χ1v) is 12.0. The number of sulfonamides is 1. The molecule has 2 aliphatic carbocycles. The van der Waals surface area contributed by atoms with E-state index in [1.54, 1.807) is 17.6 Å². The van der Waals surface area contributed by atoms with E-state index in [2.05, 4.69) is 4.72 Å². The van der Waals surface area contributed by atoms with Crippen molar-refractivity contribution in [3.8, 4) is 0 Å². The van der Waals surface area contributed by atoms with Crippen molar-refractivity contribution in [1.82, 2.24) is 13.9 Å². The van der Waals surface area contributed by atoms with Crippen LogP contribution in [0.15, 0.2) is 32.7 Å². The molecule has 7 nitrogen and oxygen atoms in total. The minimum atomic E-state index is -3.72. The lowest BCUT2D eigenvalue weighted by Gasteiger charge is -2.24. The Bertz CT molecular complexity index is 1150. The summed E-state index contributed by atoms with van der Waals surface area (Å²) in [6.45, 7) is 4.46. The quantitative estimate of drug-likeness (QED) is 0.779. The zero-order valence-corrected chi connectivity index (χ0v) is 17.9. The van der Waals surface area contributed by atoms with Crippen LogP contribution in [0.4, 0.5) is 0 Å². The largest absolute Gasteiger partial charge is 0.331 e. The number of fused-ring (bicyclic) bond motifs is 1. The normalized spacial score (nSPS) is 19.5. The number of hydrogen-bond donors (Lipinski definition) is 1. The Kier molecular flexibility index (Phi) is 5.19. The second-order valence-corrected chi connectivity index (χ2v) is 10.5. The van der Waals surface area contributed by atoms with Gasteiger partial charge in [0, 0.05) is 18.6 Å². The maximum absolute atomic E-state index is 13.0. The van der Waals surface area contributed by atoms with Crippen molar-refractivity contribution < 1.29 is 8.42 Å². The Labute approximate surface area is 170 Å². The van der Waals surface area contributed by atoms with E-state index in [0.717, 1.165) is 38.5 Å². The molecule has 2 aliphatic rings. The van der Waals surface area contributed by atoms with Gasteiger partial charge in [-0.25, -0.2) is 17.9 Å². The fourth-order valence-corrected chi connectivity index (χ4v) is 5.82. The molecule has 0 saturated heterocycles.